The topological polar surface area (TPSA) is 115 Å². The van der Waals surface area contributed by atoms with Crippen LogP contribution in [-0.4, -0.2) is 61.1 Å². The minimum Gasteiger partial charge on any atom is -0.457 e. The number of hydrogen-bond acceptors (Lipinski definition) is 9. The molecule has 4 aromatic rings. The first kappa shape index (κ1) is 27.7. The Labute approximate surface area is 254 Å². The largest absolute Gasteiger partial charge is 0.457 e. The number of nitrogens with zero attached hydrogens (tertiary/aromatic N) is 6. The number of amides is 2. The molecule has 4 heterocycles. The van der Waals surface area contributed by atoms with Gasteiger partial charge < -0.3 is 19.1 Å². The number of aromatic nitrogens is 4. The number of carbonyl (C=O) groups excluding carboxylic acids is 2. The van der Waals surface area contributed by atoms with Crippen LogP contribution in [0.4, 0.5) is 0 Å². The smallest absolute Gasteiger partial charge is 0.258 e. The predicted molar refractivity (Wildman–Crippen MR) is 161 cm³/mol. The van der Waals surface area contributed by atoms with Crippen molar-refractivity contribution < 1.29 is 18.8 Å². The zero-order valence-corrected chi connectivity index (χ0v) is 25.3. The number of benzene rings is 2. The van der Waals surface area contributed by atoms with Crippen LogP contribution in [0.5, 0.6) is 11.5 Å². The number of rotatable bonds is 9. The van der Waals surface area contributed by atoms with Crippen molar-refractivity contribution in [3.63, 3.8) is 0 Å². The average Bonchev–Trinajstić information content (AvgIpc) is 3.34. The third kappa shape index (κ3) is 5.78. The summed E-state index contributed by atoms with van der Waals surface area (Å²) in [6.45, 7) is 8.13. The Kier molecular flexibility index (Phi) is 7.20. The summed E-state index contributed by atoms with van der Waals surface area (Å²) in [6, 6.07) is 13.9. The van der Waals surface area contributed by atoms with Crippen molar-refractivity contribution in [1.82, 2.24) is 30.1 Å². The fraction of sp³-hybridized carbons (Fsp3) is 0.438. The van der Waals surface area contributed by atoms with E-state index in [1.54, 1.807) is 11.3 Å². The molecule has 0 N–H and O–H groups in total. The third-order valence-electron chi connectivity index (χ3n) is 8.30. The van der Waals surface area contributed by atoms with E-state index in [0.717, 1.165) is 40.5 Å². The number of likely N-dealkylation sites (tertiary alicyclic amines) is 2. The van der Waals surface area contributed by atoms with Gasteiger partial charge in [-0.25, -0.2) is 0 Å². The lowest BCUT2D eigenvalue weighted by Gasteiger charge is -2.19. The van der Waals surface area contributed by atoms with Gasteiger partial charge in [-0.15, -0.1) is 10.2 Å². The van der Waals surface area contributed by atoms with E-state index >= 15 is 0 Å². The maximum atomic E-state index is 12.6. The summed E-state index contributed by atoms with van der Waals surface area (Å²) >= 11 is 1.59. The maximum absolute atomic E-state index is 12.6. The van der Waals surface area contributed by atoms with Gasteiger partial charge in [0.1, 0.15) is 21.5 Å². The highest BCUT2D eigenvalue weighted by Gasteiger charge is 2.41. The van der Waals surface area contributed by atoms with Gasteiger partial charge in [-0.05, 0) is 55.2 Å². The lowest BCUT2D eigenvalue weighted by atomic mass is 10.1. The van der Waals surface area contributed by atoms with Gasteiger partial charge in [-0.1, -0.05) is 43.3 Å². The minimum absolute atomic E-state index is 0.0630. The molecular formula is C32H34N6O4S. The first-order valence-corrected chi connectivity index (χ1v) is 15.8. The molecule has 10 nitrogen and oxygen atoms in total. The van der Waals surface area contributed by atoms with Gasteiger partial charge in [0, 0.05) is 67.0 Å². The van der Waals surface area contributed by atoms with Crippen LogP contribution in [0, 0.1) is 5.92 Å². The average molecular weight is 599 g/mol. The second-order valence-electron chi connectivity index (χ2n) is 12.3. The zero-order chi connectivity index (χ0) is 29.7. The minimum atomic E-state index is -0.0630. The van der Waals surface area contributed by atoms with Gasteiger partial charge in [0.15, 0.2) is 5.82 Å². The fourth-order valence-corrected chi connectivity index (χ4v) is 6.63. The molecule has 1 aliphatic carbocycles. The van der Waals surface area contributed by atoms with Crippen molar-refractivity contribution in [1.29, 1.82) is 0 Å². The molecule has 11 heteroatoms. The molecule has 3 aliphatic rings. The molecule has 1 saturated carbocycles. The summed E-state index contributed by atoms with van der Waals surface area (Å²) in [5, 5.41) is 14.8. The third-order valence-corrected chi connectivity index (χ3v) is 9.57. The van der Waals surface area contributed by atoms with Crippen molar-refractivity contribution in [2.24, 2.45) is 5.92 Å². The highest BCUT2D eigenvalue weighted by Crippen LogP contribution is 2.38. The molecule has 2 unspecified atom stereocenters. The van der Waals surface area contributed by atoms with Crippen molar-refractivity contribution in [2.75, 3.05) is 13.1 Å². The number of ether oxygens (including phenoxy) is 1. The van der Waals surface area contributed by atoms with E-state index in [9.17, 15) is 9.59 Å². The lowest BCUT2D eigenvalue weighted by molar-refractivity contribution is -0.129. The van der Waals surface area contributed by atoms with E-state index in [1.165, 1.54) is 0 Å². The molecule has 2 amide bonds. The van der Waals surface area contributed by atoms with Crippen molar-refractivity contribution >= 4 is 23.2 Å². The summed E-state index contributed by atoms with van der Waals surface area (Å²) in [6.07, 6.45) is 3.14. The Morgan fingerprint density at radius 3 is 2.49 bits per heavy atom. The molecular weight excluding hydrogens is 564 g/mol. The van der Waals surface area contributed by atoms with Gasteiger partial charge in [-0.2, -0.15) is 4.98 Å². The van der Waals surface area contributed by atoms with E-state index in [2.05, 4.69) is 41.1 Å². The van der Waals surface area contributed by atoms with Gasteiger partial charge in [0.2, 0.25) is 11.8 Å². The molecule has 7 rings (SSSR count). The fourth-order valence-electron chi connectivity index (χ4n) is 5.78. The molecule has 2 aromatic heterocycles. The van der Waals surface area contributed by atoms with E-state index in [4.69, 9.17) is 9.26 Å². The second-order valence-corrected chi connectivity index (χ2v) is 13.3. The molecule has 3 fully saturated rings. The predicted octanol–water partition coefficient (Wildman–Crippen LogP) is 6.02. The number of hydrogen-bond donors (Lipinski definition) is 0. The lowest BCUT2D eigenvalue weighted by Crippen LogP contribution is -2.27. The molecule has 2 atom stereocenters. The van der Waals surface area contributed by atoms with Gasteiger partial charge in [0.05, 0.1) is 0 Å². The first-order valence-electron chi connectivity index (χ1n) is 15.0. The Balaban J connectivity index is 1.14. The maximum Gasteiger partial charge on any atom is 0.258 e. The SMILES string of the molecule is CC1CC(=O)N(Cc2ccc(-c3nc(C4CC(=O)N(C5CC5)C4)no3)cc2Oc2ccc(-c3nnc(C(C)C)s3)cc2)C1. The van der Waals surface area contributed by atoms with Gasteiger partial charge in [-0.3, -0.25) is 9.59 Å². The zero-order valence-electron chi connectivity index (χ0n) is 24.5. The van der Waals surface area contributed by atoms with Gasteiger partial charge in [0.25, 0.3) is 5.89 Å². The number of carbonyl (C=O) groups is 2. The van der Waals surface area contributed by atoms with E-state index in [1.807, 2.05) is 52.3 Å². The van der Waals surface area contributed by atoms with Gasteiger partial charge >= 0.3 is 0 Å². The van der Waals surface area contributed by atoms with Crippen LogP contribution in [-0.2, 0) is 16.1 Å². The monoisotopic (exact) mass is 598 g/mol. The molecule has 43 heavy (non-hydrogen) atoms. The first-order chi connectivity index (χ1) is 20.8. The highest BCUT2D eigenvalue weighted by molar-refractivity contribution is 7.14. The molecule has 2 aliphatic heterocycles. The van der Waals surface area contributed by atoms with E-state index in [-0.39, 0.29) is 17.7 Å². The summed E-state index contributed by atoms with van der Waals surface area (Å²) in [5.41, 5.74) is 2.59. The van der Waals surface area contributed by atoms with Crippen LogP contribution in [0.15, 0.2) is 47.0 Å². The van der Waals surface area contributed by atoms with Crippen LogP contribution < -0.4 is 4.74 Å². The summed E-state index contributed by atoms with van der Waals surface area (Å²) in [5.74, 6) is 3.13. The Morgan fingerprint density at radius 2 is 1.79 bits per heavy atom. The van der Waals surface area contributed by atoms with Crippen LogP contribution in [0.25, 0.3) is 22.0 Å². The van der Waals surface area contributed by atoms with Crippen molar-refractivity contribution in [3.8, 4) is 33.5 Å². The summed E-state index contributed by atoms with van der Waals surface area (Å²) in [4.78, 5) is 33.6. The summed E-state index contributed by atoms with van der Waals surface area (Å²) < 4.78 is 12.1. The Morgan fingerprint density at radius 1 is 1.00 bits per heavy atom. The summed E-state index contributed by atoms with van der Waals surface area (Å²) in [7, 11) is 0. The van der Waals surface area contributed by atoms with E-state index < -0.39 is 0 Å². The molecule has 2 aromatic carbocycles. The van der Waals surface area contributed by atoms with Crippen LogP contribution in [0.1, 0.15) is 74.7 Å². The van der Waals surface area contributed by atoms with Crippen molar-refractivity contribution in [2.45, 2.75) is 70.9 Å². The Hall–Kier alpha value is -4.12. The Bertz CT molecular complexity index is 1660. The highest BCUT2D eigenvalue weighted by atomic mass is 32.1. The quantitative estimate of drug-likeness (QED) is 0.230. The van der Waals surface area contributed by atoms with Crippen LogP contribution in [0.3, 0.4) is 0 Å². The van der Waals surface area contributed by atoms with E-state index in [0.29, 0.717) is 72.6 Å². The molecule has 0 radical (unpaired) electrons. The van der Waals surface area contributed by atoms with Crippen molar-refractivity contribution in [3.05, 3.63) is 58.9 Å². The molecule has 2 saturated heterocycles. The standard InChI is InChI=1S/C32H34N6O4S/c1-18(2)31-34-35-32(43-31)20-6-10-25(11-7-20)41-26-13-21(4-5-22(26)16-37-15-19(3)12-27(37)39)30-33-29(36-42-30)23-14-28(40)38(17-23)24-8-9-24/h4-7,10-11,13,18-19,23-24H,8-9,12,14-17H2,1-3H3. The molecule has 0 bridgehead atoms. The van der Waals surface area contributed by atoms with Crippen LogP contribution in [0.2, 0.25) is 0 Å². The molecule has 0 spiro atoms. The molecule has 222 valence electrons. The second kappa shape index (κ2) is 11.2. The van der Waals surface area contributed by atoms with Crippen LogP contribution >= 0.6 is 11.3 Å². The normalized spacial score (nSPS) is 20.6.